The van der Waals surface area contributed by atoms with Gasteiger partial charge in [-0.15, -0.1) is 48.2 Å². The number of hydrogen-bond donors (Lipinski definition) is 0. The Balaban J connectivity index is -0.000000261. The number of halogens is 2. The fraction of sp³-hybridized carbons (Fsp3) is 0.111. The van der Waals surface area contributed by atoms with Crippen molar-refractivity contribution in [3.05, 3.63) is 84.9 Å². The topological polar surface area (TPSA) is 0 Å². The van der Waals surface area contributed by atoms with Gasteiger partial charge >= 0.3 is 25.8 Å². The number of rotatable bonds is 0. The van der Waals surface area contributed by atoms with Gasteiger partial charge in [-0.25, -0.2) is 11.6 Å². The van der Waals surface area contributed by atoms with Gasteiger partial charge in [-0.1, -0.05) is 19.9 Å². The van der Waals surface area contributed by atoms with Crippen molar-refractivity contribution in [2.45, 2.75) is 13.8 Å². The second kappa shape index (κ2) is 14.3. The average molecular weight is 486 g/mol. The van der Waals surface area contributed by atoms with Crippen LogP contribution < -0.4 is 24.8 Å². The first-order valence-electron chi connectivity index (χ1n) is 6.07. The number of aryl methyl sites for hydroxylation is 2. The third kappa shape index (κ3) is 8.40. The summed E-state index contributed by atoms with van der Waals surface area (Å²) in [6.45, 7) is 10.2. The van der Waals surface area contributed by atoms with Crippen LogP contribution in [0.1, 0.15) is 11.1 Å². The van der Waals surface area contributed by atoms with E-state index in [1.165, 1.54) is 21.9 Å². The molecule has 3 aromatic carbocycles. The normalized spacial score (nSPS) is 7.71. The van der Waals surface area contributed by atoms with Crippen molar-refractivity contribution in [3.8, 4) is 0 Å². The third-order valence-corrected chi connectivity index (χ3v) is 2.73. The van der Waals surface area contributed by atoms with Crippen LogP contribution in [-0.2, 0) is 25.8 Å². The van der Waals surface area contributed by atoms with Crippen LogP contribution in [0.15, 0.2) is 73.8 Å². The van der Waals surface area contributed by atoms with E-state index in [-0.39, 0.29) is 50.7 Å². The zero-order chi connectivity index (χ0) is 13.4. The van der Waals surface area contributed by atoms with Gasteiger partial charge in [0.05, 0.1) is 0 Å². The Morgan fingerprint density at radius 3 is 1.95 bits per heavy atom. The maximum Gasteiger partial charge on any atom is 4.00 e. The summed E-state index contributed by atoms with van der Waals surface area (Å²) in [6, 6.07) is 21.0. The summed E-state index contributed by atoms with van der Waals surface area (Å²) >= 11 is 0. The molecular formula is C18H20Cl2Hf. The summed E-state index contributed by atoms with van der Waals surface area (Å²) in [4.78, 5) is 0. The first-order chi connectivity index (χ1) is 8.77. The SMILES string of the molecule is C=C.Cc1c[cH-]c2ccccc12.Cc1cc[cH-]c1.[Cl-].[Cl-].[Hf+4]. The molecule has 3 rings (SSSR count). The molecule has 0 bridgehead atoms. The Bertz CT molecular complexity index is 568. The van der Waals surface area contributed by atoms with Crippen LogP contribution in [-0.4, -0.2) is 0 Å². The molecule has 110 valence electrons. The molecule has 0 aliphatic heterocycles. The van der Waals surface area contributed by atoms with E-state index < -0.39 is 0 Å². The minimum Gasteiger partial charge on any atom is -1.00 e. The van der Waals surface area contributed by atoms with E-state index in [0.717, 1.165) is 0 Å². The van der Waals surface area contributed by atoms with Gasteiger partial charge in [0, 0.05) is 0 Å². The predicted octanol–water partition coefficient (Wildman–Crippen LogP) is -0.611. The van der Waals surface area contributed by atoms with Crippen molar-refractivity contribution < 1.29 is 50.7 Å². The fourth-order valence-corrected chi connectivity index (χ4v) is 1.78. The van der Waals surface area contributed by atoms with E-state index in [4.69, 9.17) is 0 Å². The molecule has 0 radical (unpaired) electrons. The fourth-order valence-electron chi connectivity index (χ4n) is 1.78. The Kier molecular flexibility index (Phi) is 17.3. The van der Waals surface area contributed by atoms with Crippen LogP contribution in [0.3, 0.4) is 0 Å². The molecule has 0 atom stereocenters. The monoisotopic (exact) mass is 486 g/mol. The Morgan fingerprint density at radius 2 is 1.52 bits per heavy atom. The molecule has 0 heterocycles. The Morgan fingerprint density at radius 1 is 0.905 bits per heavy atom. The molecule has 0 saturated heterocycles. The van der Waals surface area contributed by atoms with Crippen LogP contribution in [0.5, 0.6) is 0 Å². The van der Waals surface area contributed by atoms with Crippen LogP contribution in [0.4, 0.5) is 0 Å². The summed E-state index contributed by atoms with van der Waals surface area (Å²) in [7, 11) is 0. The van der Waals surface area contributed by atoms with Crippen molar-refractivity contribution in [1.29, 1.82) is 0 Å². The van der Waals surface area contributed by atoms with Crippen LogP contribution in [0.25, 0.3) is 10.8 Å². The van der Waals surface area contributed by atoms with E-state index in [9.17, 15) is 0 Å². The molecule has 0 spiro atoms. The van der Waals surface area contributed by atoms with Gasteiger partial charge in [0.1, 0.15) is 0 Å². The summed E-state index contributed by atoms with van der Waals surface area (Å²) in [5, 5.41) is 2.72. The van der Waals surface area contributed by atoms with Crippen molar-refractivity contribution in [2.24, 2.45) is 0 Å². The summed E-state index contributed by atoms with van der Waals surface area (Å²) in [6.07, 6.45) is 0. The molecular weight excluding hydrogens is 466 g/mol. The van der Waals surface area contributed by atoms with E-state index in [1.54, 1.807) is 0 Å². The zero-order valence-electron chi connectivity index (χ0n) is 12.4. The molecule has 0 aromatic heterocycles. The van der Waals surface area contributed by atoms with E-state index in [0.29, 0.717) is 0 Å². The molecule has 0 aliphatic carbocycles. The molecule has 3 aromatic rings. The van der Waals surface area contributed by atoms with Gasteiger partial charge in [-0.05, 0) is 0 Å². The minimum absolute atomic E-state index is 0. The van der Waals surface area contributed by atoms with Gasteiger partial charge in [0.15, 0.2) is 0 Å². The molecule has 0 saturated carbocycles. The quantitative estimate of drug-likeness (QED) is 0.226. The smallest absolute Gasteiger partial charge is 1.00 e. The van der Waals surface area contributed by atoms with E-state index in [2.05, 4.69) is 75.5 Å². The molecule has 0 amide bonds. The average Bonchev–Trinajstić information content (AvgIpc) is 3.03. The number of hydrogen-bond acceptors (Lipinski definition) is 0. The Hall–Kier alpha value is -0.630. The first kappa shape index (κ1) is 25.3. The molecule has 3 heteroatoms. The van der Waals surface area contributed by atoms with E-state index >= 15 is 0 Å². The van der Waals surface area contributed by atoms with E-state index in [1.807, 2.05) is 12.1 Å². The zero-order valence-corrected chi connectivity index (χ0v) is 17.5. The molecule has 0 nitrogen and oxygen atoms in total. The molecule has 0 N–H and O–H groups in total. The number of benzene rings is 1. The van der Waals surface area contributed by atoms with Crippen LogP contribution in [0, 0.1) is 13.8 Å². The standard InChI is InChI=1S/C10H9.C6H7.C2H4.2ClH.Hf/c1-8-6-7-9-4-2-3-5-10(8)9;1-6-4-2-3-5-6;1-2;;;/h2-7H,1H3;2-5H,1H3;1-2H2;2*1H;/q2*-1;;;;+4/p-2. The first-order valence-corrected chi connectivity index (χ1v) is 6.07. The minimum atomic E-state index is 0. The van der Waals surface area contributed by atoms with Crippen molar-refractivity contribution in [1.82, 2.24) is 0 Å². The second-order valence-corrected chi connectivity index (χ2v) is 4.07. The molecule has 21 heavy (non-hydrogen) atoms. The van der Waals surface area contributed by atoms with Gasteiger partial charge < -0.3 is 24.8 Å². The molecule has 0 aliphatic rings. The second-order valence-electron chi connectivity index (χ2n) is 4.07. The maximum absolute atomic E-state index is 3.00. The third-order valence-electron chi connectivity index (χ3n) is 2.73. The van der Waals surface area contributed by atoms with Crippen LogP contribution >= 0.6 is 0 Å². The van der Waals surface area contributed by atoms with Gasteiger partial charge in [0.2, 0.25) is 0 Å². The molecule has 0 unspecified atom stereocenters. The van der Waals surface area contributed by atoms with Gasteiger partial charge in [-0.3, -0.25) is 0 Å². The van der Waals surface area contributed by atoms with Crippen molar-refractivity contribution >= 4 is 10.8 Å². The Labute approximate surface area is 159 Å². The van der Waals surface area contributed by atoms with Crippen LogP contribution in [0.2, 0.25) is 0 Å². The largest absolute Gasteiger partial charge is 4.00 e. The predicted molar refractivity (Wildman–Crippen MR) is 82.3 cm³/mol. The summed E-state index contributed by atoms with van der Waals surface area (Å²) in [5.41, 5.74) is 2.71. The van der Waals surface area contributed by atoms with Gasteiger partial charge in [-0.2, -0.15) is 29.8 Å². The molecule has 0 fully saturated rings. The van der Waals surface area contributed by atoms with Gasteiger partial charge in [0.25, 0.3) is 0 Å². The summed E-state index contributed by atoms with van der Waals surface area (Å²) < 4.78 is 0. The number of fused-ring (bicyclic) bond motifs is 1. The van der Waals surface area contributed by atoms with Crippen molar-refractivity contribution in [3.63, 3.8) is 0 Å². The van der Waals surface area contributed by atoms with Crippen molar-refractivity contribution in [2.75, 3.05) is 0 Å². The maximum atomic E-state index is 3.00. The summed E-state index contributed by atoms with van der Waals surface area (Å²) in [5.74, 6) is 0.